The second-order valence-corrected chi connectivity index (χ2v) is 9.75. The second kappa shape index (κ2) is 5.87. The predicted molar refractivity (Wildman–Crippen MR) is 78.3 cm³/mol. The van der Waals surface area contributed by atoms with E-state index in [9.17, 15) is 0 Å². The fraction of sp³-hybridized carbons (Fsp3) is 0.333. The highest BCUT2D eigenvalue weighted by Crippen LogP contribution is 2.16. The third-order valence-electron chi connectivity index (χ3n) is 2.14. The first kappa shape index (κ1) is 13.8. The Kier molecular flexibility index (Phi) is 4.76. The molecule has 0 aliphatic heterocycles. The molecule has 2 heteroatoms. The smallest absolute Gasteiger partial charge is 0.242 e. The van der Waals surface area contributed by atoms with Gasteiger partial charge in [0.2, 0.25) is 8.32 Å². The molecule has 17 heavy (non-hydrogen) atoms. The summed E-state index contributed by atoms with van der Waals surface area (Å²) in [5.41, 5.74) is 2.42. The molecule has 0 aliphatic carbocycles. The Morgan fingerprint density at radius 2 is 1.65 bits per heavy atom. The van der Waals surface area contributed by atoms with Gasteiger partial charge in [-0.15, -0.1) is 0 Å². The van der Waals surface area contributed by atoms with Gasteiger partial charge >= 0.3 is 0 Å². The van der Waals surface area contributed by atoms with Crippen molar-refractivity contribution in [1.82, 2.24) is 0 Å². The molecule has 1 aromatic rings. The first-order chi connectivity index (χ1) is 7.88. The maximum Gasteiger partial charge on any atom is 0.242 e. The first-order valence-electron chi connectivity index (χ1n) is 5.98. The van der Waals surface area contributed by atoms with Gasteiger partial charge in [-0.3, -0.25) is 0 Å². The zero-order chi connectivity index (χ0) is 12.9. The van der Waals surface area contributed by atoms with E-state index >= 15 is 0 Å². The average molecular weight is 246 g/mol. The molecule has 92 valence electrons. The number of rotatable bonds is 4. The standard InChI is InChI=1S/C15H22OSi/c1-13(2)15(16-17(3,4)5)12-11-14-9-7-6-8-10-14/h6-12H,1-5H3/b12-11+. The largest absolute Gasteiger partial charge is 0.544 e. The Labute approximate surface area is 106 Å². The monoisotopic (exact) mass is 246 g/mol. The van der Waals surface area contributed by atoms with Gasteiger partial charge in [-0.05, 0) is 50.7 Å². The van der Waals surface area contributed by atoms with Crippen LogP contribution in [0.1, 0.15) is 19.4 Å². The summed E-state index contributed by atoms with van der Waals surface area (Å²) in [5.74, 6) is 1.01. The number of benzene rings is 1. The van der Waals surface area contributed by atoms with E-state index in [2.05, 4.69) is 57.8 Å². The van der Waals surface area contributed by atoms with Gasteiger partial charge in [0.15, 0.2) is 0 Å². The summed E-state index contributed by atoms with van der Waals surface area (Å²) in [6, 6.07) is 10.3. The maximum atomic E-state index is 6.05. The van der Waals surface area contributed by atoms with Crippen molar-refractivity contribution in [2.24, 2.45) is 0 Å². The van der Waals surface area contributed by atoms with Gasteiger partial charge in [-0.1, -0.05) is 36.4 Å². The van der Waals surface area contributed by atoms with Crippen LogP contribution in [0.15, 0.2) is 47.7 Å². The van der Waals surface area contributed by atoms with Crippen molar-refractivity contribution in [3.8, 4) is 0 Å². The molecule has 0 unspecified atom stereocenters. The van der Waals surface area contributed by atoms with Crippen molar-refractivity contribution in [2.75, 3.05) is 0 Å². The molecule has 0 aromatic heterocycles. The lowest BCUT2D eigenvalue weighted by Crippen LogP contribution is -2.24. The summed E-state index contributed by atoms with van der Waals surface area (Å²) in [6.45, 7) is 10.8. The molecule has 0 N–H and O–H groups in total. The molecular formula is C15H22OSi. The van der Waals surface area contributed by atoms with E-state index < -0.39 is 8.32 Å². The Bertz CT molecular complexity index is 406. The SMILES string of the molecule is CC(C)=C(/C=C/c1ccccc1)O[Si](C)(C)C. The summed E-state index contributed by atoms with van der Waals surface area (Å²) in [5, 5.41) is 0. The van der Waals surface area contributed by atoms with Crippen molar-refractivity contribution in [1.29, 1.82) is 0 Å². The minimum Gasteiger partial charge on any atom is -0.544 e. The lowest BCUT2D eigenvalue weighted by atomic mass is 10.2. The molecule has 0 amide bonds. The average Bonchev–Trinajstić information content (AvgIpc) is 2.24. The Morgan fingerprint density at radius 1 is 1.06 bits per heavy atom. The van der Waals surface area contributed by atoms with Gasteiger partial charge in [0.1, 0.15) is 5.76 Å². The van der Waals surface area contributed by atoms with Gasteiger partial charge in [0, 0.05) is 0 Å². The van der Waals surface area contributed by atoms with Gasteiger partial charge < -0.3 is 4.43 Å². The van der Waals surface area contributed by atoms with Gasteiger partial charge in [-0.25, -0.2) is 0 Å². The summed E-state index contributed by atoms with van der Waals surface area (Å²) >= 11 is 0. The topological polar surface area (TPSA) is 9.23 Å². The molecule has 0 fully saturated rings. The normalized spacial score (nSPS) is 11.6. The molecule has 0 atom stereocenters. The first-order valence-corrected chi connectivity index (χ1v) is 9.39. The summed E-state index contributed by atoms with van der Waals surface area (Å²) in [7, 11) is -1.53. The molecule has 1 nitrogen and oxygen atoms in total. The van der Waals surface area contributed by atoms with Crippen LogP contribution in [0, 0.1) is 0 Å². The minimum absolute atomic E-state index is 1.01. The molecule has 0 bridgehead atoms. The van der Waals surface area contributed by atoms with Crippen LogP contribution in [-0.2, 0) is 4.43 Å². The minimum atomic E-state index is -1.53. The van der Waals surface area contributed by atoms with Crippen molar-refractivity contribution >= 4 is 14.4 Å². The van der Waals surface area contributed by atoms with Crippen LogP contribution < -0.4 is 0 Å². The highest BCUT2D eigenvalue weighted by Gasteiger charge is 2.16. The quantitative estimate of drug-likeness (QED) is 0.419. The van der Waals surface area contributed by atoms with Crippen molar-refractivity contribution in [3.05, 3.63) is 53.3 Å². The highest BCUT2D eigenvalue weighted by atomic mass is 28.4. The van der Waals surface area contributed by atoms with Crippen LogP contribution >= 0.6 is 0 Å². The van der Waals surface area contributed by atoms with E-state index in [1.54, 1.807) is 0 Å². The lowest BCUT2D eigenvalue weighted by Gasteiger charge is -2.21. The third kappa shape index (κ3) is 5.55. The van der Waals surface area contributed by atoms with Crippen LogP contribution in [0.3, 0.4) is 0 Å². The molecular weight excluding hydrogens is 224 g/mol. The van der Waals surface area contributed by atoms with Gasteiger partial charge in [-0.2, -0.15) is 0 Å². The Balaban J connectivity index is 2.83. The third-order valence-corrected chi connectivity index (χ3v) is 2.97. The molecule has 0 saturated heterocycles. The molecule has 0 aliphatic rings. The van der Waals surface area contributed by atoms with E-state index in [0.717, 1.165) is 5.76 Å². The Hall–Kier alpha value is -1.28. The van der Waals surface area contributed by atoms with E-state index in [1.165, 1.54) is 11.1 Å². The fourth-order valence-electron chi connectivity index (χ4n) is 1.37. The number of hydrogen-bond acceptors (Lipinski definition) is 1. The molecule has 1 rings (SSSR count). The molecule has 0 spiro atoms. The highest BCUT2D eigenvalue weighted by molar-refractivity contribution is 6.70. The molecule has 0 saturated carbocycles. The summed E-state index contributed by atoms with van der Waals surface area (Å²) in [6.07, 6.45) is 4.17. The van der Waals surface area contributed by atoms with Crippen LogP contribution in [0.4, 0.5) is 0 Å². The van der Waals surface area contributed by atoms with Crippen molar-refractivity contribution < 1.29 is 4.43 Å². The molecule has 0 heterocycles. The van der Waals surface area contributed by atoms with Crippen LogP contribution in [-0.4, -0.2) is 8.32 Å². The predicted octanol–water partition coefficient (Wildman–Crippen LogP) is 4.85. The van der Waals surface area contributed by atoms with Crippen LogP contribution in [0.2, 0.25) is 19.6 Å². The van der Waals surface area contributed by atoms with E-state index in [1.807, 2.05) is 18.2 Å². The van der Waals surface area contributed by atoms with E-state index in [0.29, 0.717) is 0 Å². The fourth-order valence-corrected chi connectivity index (χ4v) is 2.30. The maximum absolute atomic E-state index is 6.05. The van der Waals surface area contributed by atoms with E-state index in [4.69, 9.17) is 4.43 Å². The zero-order valence-electron chi connectivity index (χ0n) is 11.4. The van der Waals surface area contributed by atoms with Crippen LogP contribution in [0.25, 0.3) is 6.08 Å². The number of allylic oxidation sites excluding steroid dienone is 2. The van der Waals surface area contributed by atoms with Crippen molar-refractivity contribution in [2.45, 2.75) is 33.5 Å². The second-order valence-electron chi connectivity index (χ2n) is 5.32. The summed E-state index contributed by atoms with van der Waals surface area (Å²) in [4.78, 5) is 0. The number of hydrogen-bond donors (Lipinski definition) is 0. The summed E-state index contributed by atoms with van der Waals surface area (Å²) < 4.78 is 6.05. The van der Waals surface area contributed by atoms with Crippen molar-refractivity contribution in [3.63, 3.8) is 0 Å². The van der Waals surface area contributed by atoms with Gasteiger partial charge in [0.05, 0.1) is 0 Å². The van der Waals surface area contributed by atoms with E-state index in [-0.39, 0.29) is 0 Å². The lowest BCUT2D eigenvalue weighted by molar-refractivity contribution is 0.435. The van der Waals surface area contributed by atoms with Crippen LogP contribution in [0.5, 0.6) is 0 Å². The molecule has 1 aromatic carbocycles. The zero-order valence-corrected chi connectivity index (χ0v) is 12.4. The Morgan fingerprint density at radius 3 is 2.12 bits per heavy atom. The molecule has 0 radical (unpaired) electrons. The van der Waals surface area contributed by atoms with Gasteiger partial charge in [0.25, 0.3) is 0 Å².